The van der Waals surface area contributed by atoms with Gasteiger partial charge in [-0.05, 0) is 23.6 Å². The summed E-state index contributed by atoms with van der Waals surface area (Å²) in [5, 5.41) is 9.38. The van der Waals surface area contributed by atoms with Gasteiger partial charge in [-0.25, -0.2) is 4.79 Å². The summed E-state index contributed by atoms with van der Waals surface area (Å²) in [7, 11) is 0. The van der Waals surface area contributed by atoms with Crippen LogP contribution in [-0.2, 0) is 10.1 Å². The van der Waals surface area contributed by atoms with Gasteiger partial charge in [0.15, 0.2) is 0 Å². The average molecular weight is 255 g/mol. The first kappa shape index (κ1) is 11.0. The lowest BCUT2D eigenvalue weighted by Crippen LogP contribution is -1.90. The van der Waals surface area contributed by atoms with Crippen LogP contribution >= 0.6 is 15.9 Å². The molecule has 0 aliphatic rings. The molecule has 3 heteroatoms. The number of aliphatic carboxylic acids is 1. The molecule has 1 aromatic rings. The van der Waals surface area contributed by atoms with Gasteiger partial charge >= 0.3 is 5.97 Å². The Morgan fingerprint density at radius 3 is 2.43 bits per heavy atom. The second-order valence-corrected chi connectivity index (χ2v) is 3.56. The van der Waals surface area contributed by atoms with Crippen LogP contribution in [0.4, 0.5) is 0 Å². The number of allylic oxidation sites excluding steroid dienone is 1. The summed E-state index contributed by atoms with van der Waals surface area (Å²) in [6.07, 6.45) is 1.21. The molecule has 1 aromatic carbocycles. The van der Waals surface area contributed by atoms with Gasteiger partial charge in [0.2, 0.25) is 0 Å². The highest BCUT2D eigenvalue weighted by Gasteiger charge is 1.98. The Kier molecular flexibility index (Phi) is 3.89. The molecule has 2 nitrogen and oxygen atoms in total. The predicted molar refractivity (Wildman–Crippen MR) is 60.4 cm³/mol. The van der Waals surface area contributed by atoms with Crippen LogP contribution in [0.3, 0.4) is 0 Å². The smallest absolute Gasteiger partial charge is 0.328 e. The number of rotatable bonds is 3. The lowest BCUT2D eigenvalue weighted by molar-refractivity contribution is -0.131. The molecule has 14 heavy (non-hydrogen) atoms. The van der Waals surface area contributed by atoms with E-state index in [1.165, 1.54) is 11.6 Å². The van der Waals surface area contributed by atoms with Crippen molar-refractivity contribution in [2.24, 2.45) is 0 Å². The molecular weight excluding hydrogens is 244 g/mol. The SMILES string of the molecule is CC(=CC(=O)O)c1ccc(CBr)cc1. The molecule has 0 atom stereocenters. The van der Waals surface area contributed by atoms with Gasteiger partial charge < -0.3 is 5.11 Å². The lowest BCUT2D eigenvalue weighted by atomic mass is 10.1. The Bertz CT molecular complexity index is 352. The van der Waals surface area contributed by atoms with E-state index in [2.05, 4.69) is 15.9 Å². The van der Waals surface area contributed by atoms with Crippen LogP contribution in [0.15, 0.2) is 30.3 Å². The fraction of sp³-hybridized carbons (Fsp3) is 0.182. The van der Waals surface area contributed by atoms with Crippen molar-refractivity contribution in [2.75, 3.05) is 0 Å². The van der Waals surface area contributed by atoms with Crippen LogP contribution in [-0.4, -0.2) is 11.1 Å². The molecule has 0 saturated heterocycles. The number of hydrogen-bond acceptors (Lipinski definition) is 1. The van der Waals surface area contributed by atoms with Gasteiger partial charge in [-0.15, -0.1) is 0 Å². The lowest BCUT2D eigenvalue weighted by Gasteiger charge is -2.01. The zero-order valence-electron chi connectivity index (χ0n) is 7.83. The Balaban J connectivity index is 2.92. The van der Waals surface area contributed by atoms with Gasteiger partial charge in [-0.1, -0.05) is 40.2 Å². The van der Waals surface area contributed by atoms with Crippen molar-refractivity contribution in [3.63, 3.8) is 0 Å². The minimum absolute atomic E-state index is 0.763. The zero-order valence-corrected chi connectivity index (χ0v) is 9.41. The topological polar surface area (TPSA) is 37.3 Å². The molecular formula is C11H11BrO2. The van der Waals surface area contributed by atoms with Crippen LogP contribution in [0, 0.1) is 0 Å². The first-order valence-electron chi connectivity index (χ1n) is 4.20. The van der Waals surface area contributed by atoms with E-state index in [0.29, 0.717) is 0 Å². The van der Waals surface area contributed by atoms with E-state index in [1.807, 2.05) is 24.3 Å². The number of carbonyl (C=O) groups is 1. The van der Waals surface area contributed by atoms with Gasteiger partial charge in [0.05, 0.1) is 0 Å². The number of hydrogen-bond donors (Lipinski definition) is 1. The number of alkyl halides is 1. The maximum atomic E-state index is 10.4. The summed E-state index contributed by atoms with van der Waals surface area (Å²) in [5.74, 6) is -0.910. The van der Waals surface area contributed by atoms with E-state index < -0.39 is 5.97 Å². The monoisotopic (exact) mass is 254 g/mol. The van der Waals surface area contributed by atoms with Crippen molar-refractivity contribution in [1.29, 1.82) is 0 Å². The predicted octanol–water partition coefficient (Wildman–Crippen LogP) is 3.07. The van der Waals surface area contributed by atoms with Gasteiger partial charge in [-0.2, -0.15) is 0 Å². The summed E-state index contributed by atoms with van der Waals surface area (Å²) in [4.78, 5) is 10.4. The first-order valence-corrected chi connectivity index (χ1v) is 5.32. The normalized spacial score (nSPS) is 11.4. The molecule has 0 heterocycles. The molecule has 1 rings (SSSR count). The standard InChI is InChI=1S/C11H11BrO2/c1-8(6-11(13)14)10-4-2-9(7-12)3-5-10/h2-6H,7H2,1H3,(H,13,14). The van der Waals surface area contributed by atoms with E-state index in [1.54, 1.807) is 6.92 Å². The van der Waals surface area contributed by atoms with E-state index in [9.17, 15) is 4.79 Å². The average Bonchev–Trinajstić information content (AvgIpc) is 2.17. The van der Waals surface area contributed by atoms with Crippen molar-refractivity contribution >= 4 is 27.5 Å². The highest BCUT2D eigenvalue weighted by molar-refractivity contribution is 9.08. The minimum atomic E-state index is -0.910. The summed E-state index contributed by atoms with van der Waals surface area (Å²) in [6, 6.07) is 7.79. The van der Waals surface area contributed by atoms with Crippen LogP contribution < -0.4 is 0 Å². The molecule has 0 fully saturated rings. The highest BCUT2D eigenvalue weighted by Crippen LogP contribution is 2.15. The molecule has 0 unspecified atom stereocenters. The Hall–Kier alpha value is -1.09. The largest absolute Gasteiger partial charge is 0.478 e. The third kappa shape index (κ3) is 3.00. The van der Waals surface area contributed by atoms with E-state index in [-0.39, 0.29) is 0 Å². The zero-order chi connectivity index (χ0) is 10.6. The Labute approximate surface area is 91.4 Å². The molecule has 0 amide bonds. The van der Waals surface area contributed by atoms with Gasteiger partial charge in [0.25, 0.3) is 0 Å². The second-order valence-electron chi connectivity index (χ2n) is 3.00. The van der Waals surface area contributed by atoms with Crippen molar-refractivity contribution in [1.82, 2.24) is 0 Å². The van der Waals surface area contributed by atoms with E-state index in [0.717, 1.165) is 16.5 Å². The number of benzene rings is 1. The third-order valence-electron chi connectivity index (χ3n) is 1.90. The van der Waals surface area contributed by atoms with Crippen molar-refractivity contribution < 1.29 is 9.90 Å². The van der Waals surface area contributed by atoms with Crippen LogP contribution in [0.5, 0.6) is 0 Å². The fourth-order valence-electron chi connectivity index (χ4n) is 1.13. The van der Waals surface area contributed by atoms with E-state index in [4.69, 9.17) is 5.11 Å². The molecule has 1 N–H and O–H groups in total. The van der Waals surface area contributed by atoms with E-state index >= 15 is 0 Å². The summed E-state index contributed by atoms with van der Waals surface area (Å²) in [6.45, 7) is 1.79. The summed E-state index contributed by atoms with van der Waals surface area (Å²) < 4.78 is 0. The molecule has 0 aromatic heterocycles. The molecule has 0 aliphatic carbocycles. The Morgan fingerprint density at radius 2 is 2.00 bits per heavy atom. The molecule has 0 aliphatic heterocycles. The minimum Gasteiger partial charge on any atom is -0.478 e. The van der Waals surface area contributed by atoms with Crippen LogP contribution in [0.1, 0.15) is 18.1 Å². The molecule has 0 spiro atoms. The number of carboxylic acid groups (broad SMARTS) is 1. The van der Waals surface area contributed by atoms with Crippen LogP contribution in [0.2, 0.25) is 0 Å². The fourth-order valence-corrected chi connectivity index (χ4v) is 1.50. The number of halogens is 1. The Morgan fingerprint density at radius 1 is 1.43 bits per heavy atom. The van der Waals surface area contributed by atoms with Crippen LogP contribution in [0.25, 0.3) is 5.57 Å². The first-order chi connectivity index (χ1) is 6.63. The highest BCUT2D eigenvalue weighted by atomic mass is 79.9. The molecule has 0 saturated carbocycles. The van der Waals surface area contributed by atoms with Gasteiger partial charge in [-0.3, -0.25) is 0 Å². The third-order valence-corrected chi connectivity index (χ3v) is 2.55. The van der Waals surface area contributed by atoms with Crippen molar-refractivity contribution in [2.45, 2.75) is 12.3 Å². The quantitative estimate of drug-likeness (QED) is 0.665. The molecule has 0 bridgehead atoms. The molecule has 74 valence electrons. The molecule has 0 radical (unpaired) electrons. The maximum absolute atomic E-state index is 10.4. The van der Waals surface area contributed by atoms with Gasteiger partial charge in [0.1, 0.15) is 0 Å². The summed E-state index contributed by atoms with van der Waals surface area (Å²) >= 11 is 3.35. The summed E-state index contributed by atoms with van der Waals surface area (Å²) in [5.41, 5.74) is 2.88. The van der Waals surface area contributed by atoms with Crippen molar-refractivity contribution in [3.05, 3.63) is 41.5 Å². The maximum Gasteiger partial charge on any atom is 0.328 e. The van der Waals surface area contributed by atoms with Crippen molar-refractivity contribution in [3.8, 4) is 0 Å². The second kappa shape index (κ2) is 4.96. The van der Waals surface area contributed by atoms with Gasteiger partial charge in [0, 0.05) is 11.4 Å². The number of carboxylic acids is 1.